The Kier molecular flexibility index (Phi) is 5.35. The summed E-state index contributed by atoms with van der Waals surface area (Å²) < 4.78 is 37.5. The van der Waals surface area contributed by atoms with Crippen LogP contribution in [0.15, 0.2) is 24.3 Å². The Bertz CT molecular complexity index is 432. The molecule has 0 heterocycles. The van der Waals surface area contributed by atoms with Crippen molar-refractivity contribution in [3.05, 3.63) is 35.4 Å². The summed E-state index contributed by atoms with van der Waals surface area (Å²) in [5.41, 5.74) is -0.866. The van der Waals surface area contributed by atoms with Gasteiger partial charge in [0.05, 0.1) is 5.56 Å². The number of alkyl halides is 3. The summed E-state index contributed by atoms with van der Waals surface area (Å²) in [5, 5.41) is 11.3. The number of aliphatic hydroxyl groups excluding tert-OH is 1. The third-order valence-electron chi connectivity index (χ3n) is 2.69. The molecule has 6 heteroatoms. The first-order chi connectivity index (χ1) is 8.84. The van der Waals surface area contributed by atoms with Gasteiger partial charge in [0.15, 0.2) is 0 Å². The largest absolute Gasteiger partial charge is 0.416 e. The lowest BCUT2D eigenvalue weighted by atomic mass is 10.1. The van der Waals surface area contributed by atoms with E-state index in [0.717, 1.165) is 12.1 Å². The first-order valence-corrected chi connectivity index (χ1v) is 5.91. The third-order valence-corrected chi connectivity index (χ3v) is 2.69. The zero-order valence-electron chi connectivity index (χ0n) is 10.5. The number of nitrogens with one attached hydrogen (secondary N) is 1. The number of benzene rings is 1. The molecule has 0 saturated heterocycles. The van der Waals surface area contributed by atoms with Gasteiger partial charge in [-0.1, -0.05) is 13.0 Å². The molecule has 106 valence electrons. The first kappa shape index (κ1) is 15.5. The zero-order valence-corrected chi connectivity index (χ0v) is 10.5. The van der Waals surface area contributed by atoms with Crippen molar-refractivity contribution in [3.8, 4) is 0 Å². The van der Waals surface area contributed by atoms with Crippen molar-refractivity contribution in [1.82, 2.24) is 5.32 Å². The molecule has 0 aromatic heterocycles. The predicted octanol–water partition coefficient (Wildman–Crippen LogP) is 2.45. The van der Waals surface area contributed by atoms with E-state index in [9.17, 15) is 18.0 Å². The summed E-state index contributed by atoms with van der Waals surface area (Å²) >= 11 is 0. The fourth-order valence-electron chi connectivity index (χ4n) is 1.53. The van der Waals surface area contributed by atoms with Crippen LogP contribution in [0.3, 0.4) is 0 Å². The van der Waals surface area contributed by atoms with Crippen LogP contribution in [0.2, 0.25) is 0 Å². The average Bonchev–Trinajstić information content (AvgIpc) is 2.35. The monoisotopic (exact) mass is 275 g/mol. The van der Waals surface area contributed by atoms with Crippen LogP contribution in [0.4, 0.5) is 13.2 Å². The second kappa shape index (κ2) is 6.56. The summed E-state index contributed by atoms with van der Waals surface area (Å²) in [7, 11) is 0. The van der Waals surface area contributed by atoms with E-state index in [2.05, 4.69) is 5.32 Å². The minimum absolute atomic E-state index is 0.0145. The number of hydrogen-bond donors (Lipinski definition) is 2. The van der Waals surface area contributed by atoms with Crippen molar-refractivity contribution in [2.45, 2.75) is 19.5 Å². The highest BCUT2D eigenvalue weighted by atomic mass is 19.4. The van der Waals surface area contributed by atoms with Gasteiger partial charge < -0.3 is 10.4 Å². The summed E-state index contributed by atoms with van der Waals surface area (Å²) in [4.78, 5) is 11.7. The van der Waals surface area contributed by atoms with Crippen molar-refractivity contribution in [2.24, 2.45) is 5.92 Å². The van der Waals surface area contributed by atoms with Gasteiger partial charge in [-0.3, -0.25) is 4.79 Å². The molecule has 0 aliphatic heterocycles. The molecule has 0 fully saturated rings. The number of carbonyl (C=O) groups excluding carboxylic acids is 1. The van der Waals surface area contributed by atoms with Gasteiger partial charge in [-0.25, -0.2) is 0 Å². The molecule has 1 amide bonds. The van der Waals surface area contributed by atoms with E-state index >= 15 is 0 Å². The molecule has 0 spiro atoms. The Morgan fingerprint density at radius 1 is 1.42 bits per heavy atom. The maximum atomic E-state index is 12.5. The van der Waals surface area contributed by atoms with E-state index in [1.807, 2.05) is 6.92 Å². The van der Waals surface area contributed by atoms with Crippen LogP contribution in [0.25, 0.3) is 0 Å². The van der Waals surface area contributed by atoms with E-state index < -0.39 is 17.6 Å². The second-order valence-electron chi connectivity index (χ2n) is 4.41. The summed E-state index contributed by atoms with van der Waals surface area (Å²) in [5.74, 6) is -0.476. The van der Waals surface area contributed by atoms with E-state index in [1.54, 1.807) is 0 Å². The Morgan fingerprint density at radius 3 is 2.68 bits per heavy atom. The normalized spacial score (nSPS) is 13.1. The number of aliphatic hydroxyl groups is 1. The molecular weight excluding hydrogens is 259 g/mol. The fraction of sp³-hybridized carbons (Fsp3) is 0.462. The summed E-state index contributed by atoms with van der Waals surface area (Å²) in [6.45, 7) is 2.17. The van der Waals surface area contributed by atoms with Gasteiger partial charge in [0.1, 0.15) is 0 Å². The molecule has 0 radical (unpaired) electrons. The lowest BCUT2D eigenvalue weighted by Crippen LogP contribution is -2.28. The van der Waals surface area contributed by atoms with E-state index in [-0.39, 0.29) is 18.1 Å². The molecule has 3 nitrogen and oxygen atoms in total. The number of amides is 1. The van der Waals surface area contributed by atoms with Crippen molar-refractivity contribution < 1.29 is 23.1 Å². The Hall–Kier alpha value is -1.56. The van der Waals surface area contributed by atoms with E-state index in [1.165, 1.54) is 12.1 Å². The van der Waals surface area contributed by atoms with Crippen LogP contribution in [0.1, 0.15) is 29.3 Å². The number of rotatable bonds is 5. The third kappa shape index (κ3) is 4.90. The van der Waals surface area contributed by atoms with Gasteiger partial charge in [0.2, 0.25) is 0 Å². The highest BCUT2D eigenvalue weighted by Crippen LogP contribution is 2.29. The maximum absolute atomic E-state index is 12.5. The highest BCUT2D eigenvalue weighted by Gasteiger charge is 2.30. The van der Waals surface area contributed by atoms with Crippen LogP contribution in [0, 0.1) is 5.92 Å². The van der Waals surface area contributed by atoms with Crippen LogP contribution in [-0.2, 0) is 6.18 Å². The van der Waals surface area contributed by atoms with Crippen molar-refractivity contribution in [1.29, 1.82) is 0 Å². The molecule has 19 heavy (non-hydrogen) atoms. The summed E-state index contributed by atoms with van der Waals surface area (Å²) in [6, 6.07) is 4.29. The molecule has 1 atom stereocenters. The van der Waals surface area contributed by atoms with Crippen LogP contribution in [0.5, 0.6) is 0 Å². The van der Waals surface area contributed by atoms with Crippen molar-refractivity contribution >= 4 is 5.91 Å². The molecule has 1 unspecified atom stereocenters. The molecule has 0 bridgehead atoms. The SMILES string of the molecule is CC(CCO)CNC(=O)c1cccc(C(F)(F)F)c1. The number of hydrogen-bond acceptors (Lipinski definition) is 2. The van der Waals surface area contributed by atoms with Gasteiger partial charge in [-0.05, 0) is 30.5 Å². The Balaban J connectivity index is 2.67. The minimum atomic E-state index is -4.46. The quantitative estimate of drug-likeness (QED) is 0.867. The lowest BCUT2D eigenvalue weighted by Gasteiger charge is -2.12. The predicted molar refractivity (Wildman–Crippen MR) is 64.6 cm³/mol. The summed E-state index contributed by atoms with van der Waals surface area (Å²) in [6.07, 6.45) is -3.93. The number of carbonyl (C=O) groups is 1. The smallest absolute Gasteiger partial charge is 0.396 e. The topological polar surface area (TPSA) is 49.3 Å². The second-order valence-corrected chi connectivity index (χ2v) is 4.41. The molecule has 1 aromatic carbocycles. The molecule has 2 N–H and O–H groups in total. The van der Waals surface area contributed by atoms with Crippen LogP contribution >= 0.6 is 0 Å². The Labute approximate surface area is 109 Å². The van der Waals surface area contributed by atoms with Crippen LogP contribution < -0.4 is 5.32 Å². The molecule has 0 aliphatic rings. The van der Waals surface area contributed by atoms with E-state index in [0.29, 0.717) is 13.0 Å². The van der Waals surface area contributed by atoms with Gasteiger partial charge in [0.25, 0.3) is 5.91 Å². The fourth-order valence-corrected chi connectivity index (χ4v) is 1.53. The Morgan fingerprint density at radius 2 is 2.11 bits per heavy atom. The molecular formula is C13H16F3NO2. The first-order valence-electron chi connectivity index (χ1n) is 5.91. The van der Waals surface area contributed by atoms with E-state index in [4.69, 9.17) is 5.11 Å². The number of halogens is 3. The standard InChI is InChI=1S/C13H16F3NO2/c1-9(5-6-18)8-17-12(19)10-3-2-4-11(7-10)13(14,15)16/h2-4,7,9,18H,5-6,8H2,1H3,(H,17,19). The van der Waals surface area contributed by atoms with Crippen LogP contribution in [-0.4, -0.2) is 24.2 Å². The van der Waals surface area contributed by atoms with Gasteiger partial charge in [-0.2, -0.15) is 13.2 Å². The highest BCUT2D eigenvalue weighted by molar-refractivity contribution is 5.94. The lowest BCUT2D eigenvalue weighted by molar-refractivity contribution is -0.137. The van der Waals surface area contributed by atoms with Crippen molar-refractivity contribution in [2.75, 3.05) is 13.2 Å². The van der Waals surface area contributed by atoms with Crippen molar-refractivity contribution in [3.63, 3.8) is 0 Å². The van der Waals surface area contributed by atoms with Gasteiger partial charge in [0, 0.05) is 18.7 Å². The average molecular weight is 275 g/mol. The van der Waals surface area contributed by atoms with Gasteiger partial charge >= 0.3 is 6.18 Å². The zero-order chi connectivity index (χ0) is 14.5. The maximum Gasteiger partial charge on any atom is 0.416 e. The molecule has 1 rings (SSSR count). The van der Waals surface area contributed by atoms with Gasteiger partial charge in [-0.15, -0.1) is 0 Å². The minimum Gasteiger partial charge on any atom is -0.396 e. The molecule has 0 saturated carbocycles. The molecule has 0 aliphatic carbocycles. The molecule has 1 aromatic rings.